The van der Waals surface area contributed by atoms with Gasteiger partial charge in [-0.25, -0.2) is 4.98 Å². The molecule has 66 heavy (non-hydrogen) atoms. The predicted octanol–water partition coefficient (Wildman–Crippen LogP) is 15.8. The van der Waals surface area contributed by atoms with E-state index in [1.807, 2.05) is 164 Å². The van der Waals surface area contributed by atoms with Crippen LogP contribution in [0.15, 0.2) is 188 Å². The first kappa shape index (κ1) is 31.7. The number of phenols is 1. The Morgan fingerprint density at radius 1 is 0.545 bits per heavy atom. The number of rotatable bonds is 8. The Morgan fingerprint density at radius 3 is 1.88 bits per heavy atom. The standard InChI is InChI=1S/C61H50N3O.Pt/c1-39-31-41(3)59(65)54(32-39)60-63-58-51(23-16-24-56(58)64(60)57-38-52(44-19-12-8-13-20-44)40(2)33-53(57)45-21-14-9-15-22-45)48-34-47(42-17-10-7-11-18-42)35-49(36-48)55-37-46(29-30-62-55)43-25-27-50(28-26-43)61(4,5)6;/h7-35,37-38,65H,1-6H3;/q-1;/i2D3,4D3,5D3,6D3;. The minimum absolute atomic E-state index is 0. The quantitative estimate of drug-likeness (QED) is 0.154. The Morgan fingerprint density at radius 2 is 1.20 bits per heavy atom. The molecule has 0 spiro atoms. The first-order valence-corrected chi connectivity index (χ1v) is 21.3. The molecule has 0 atom stereocenters. The van der Waals surface area contributed by atoms with Crippen molar-refractivity contribution in [2.45, 2.75) is 46.7 Å². The van der Waals surface area contributed by atoms with Gasteiger partial charge in [0.2, 0.25) is 0 Å². The second-order valence-electron chi connectivity index (χ2n) is 16.4. The van der Waals surface area contributed by atoms with Gasteiger partial charge in [-0.1, -0.05) is 177 Å². The molecule has 8 aromatic carbocycles. The largest absolute Gasteiger partial charge is 0.507 e. The van der Waals surface area contributed by atoms with Crippen molar-refractivity contribution >= 4 is 11.0 Å². The van der Waals surface area contributed by atoms with Crippen LogP contribution in [-0.2, 0) is 26.5 Å². The van der Waals surface area contributed by atoms with E-state index in [2.05, 4.69) is 6.07 Å². The molecule has 326 valence electrons. The summed E-state index contributed by atoms with van der Waals surface area (Å²) in [5, 5.41) is 12.0. The summed E-state index contributed by atoms with van der Waals surface area (Å²) in [6.07, 6.45) is 1.62. The number of phenolic OH excluding ortho intramolecular Hbond substituents is 1. The average Bonchev–Trinajstić information content (AvgIpc) is 3.87. The van der Waals surface area contributed by atoms with E-state index in [0.717, 1.165) is 22.3 Å². The maximum atomic E-state index is 12.0. The van der Waals surface area contributed by atoms with Gasteiger partial charge in [-0.3, -0.25) is 9.55 Å². The fraction of sp³-hybridized carbons (Fsp3) is 0.115. The molecule has 10 rings (SSSR count). The molecule has 0 aliphatic carbocycles. The molecule has 4 nitrogen and oxygen atoms in total. The van der Waals surface area contributed by atoms with Gasteiger partial charge in [0.25, 0.3) is 0 Å². The Balaban J connectivity index is 0.00000740. The number of benzene rings is 8. The molecule has 2 heterocycles. The van der Waals surface area contributed by atoms with Gasteiger partial charge >= 0.3 is 0 Å². The molecule has 0 aliphatic rings. The van der Waals surface area contributed by atoms with E-state index in [0.29, 0.717) is 83.9 Å². The number of para-hydroxylation sites is 1. The van der Waals surface area contributed by atoms with Crippen molar-refractivity contribution < 1.29 is 42.6 Å². The summed E-state index contributed by atoms with van der Waals surface area (Å²) in [6.45, 7) is -8.89. The Hall–Kier alpha value is -7.13. The smallest absolute Gasteiger partial charge is 0.148 e. The minimum atomic E-state index is -3.40. The van der Waals surface area contributed by atoms with Gasteiger partial charge in [-0.2, -0.15) is 0 Å². The second kappa shape index (κ2) is 18.0. The number of pyridine rings is 1. The van der Waals surface area contributed by atoms with Crippen LogP contribution in [0.3, 0.4) is 0 Å². The third-order valence-electron chi connectivity index (χ3n) is 11.9. The van der Waals surface area contributed by atoms with Gasteiger partial charge in [-0.05, 0) is 112 Å². The molecule has 0 saturated carbocycles. The molecule has 5 heteroatoms. The molecule has 10 aromatic rings. The summed E-state index contributed by atoms with van der Waals surface area (Å²) in [7, 11) is 0. The number of hydrogen-bond donors (Lipinski definition) is 1. The number of hydrogen-bond acceptors (Lipinski definition) is 3. The number of aromatic hydroxyl groups is 1. The molecular formula is C61H50N3OPt-. The van der Waals surface area contributed by atoms with Crippen LogP contribution in [0.2, 0.25) is 0 Å². The molecule has 2 aromatic heterocycles. The number of aryl methyl sites for hydroxylation is 3. The van der Waals surface area contributed by atoms with Crippen molar-refractivity contribution in [2.24, 2.45) is 0 Å². The fourth-order valence-corrected chi connectivity index (χ4v) is 8.67. The van der Waals surface area contributed by atoms with Gasteiger partial charge < -0.3 is 5.11 Å². The maximum Gasteiger partial charge on any atom is 0.148 e. The van der Waals surface area contributed by atoms with Crippen LogP contribution in [-0.4, -0.2) is 19.6 Å². The summed E-state index contributed by atoms with van der Waals surface area (Å²) >= 11 is 0. The van der Waals surface area contributed by atoms with E-state index >= 15 is 0 Å². The summed E-state index contributed by atoms with van der Waals surface area (Å²) in [4.78, 5) is 10.3. The van der Waals surface area contributed by atoms with Crippen molar-refractivity contribution in [3.05, 3.63) is 217 Å². The van der Waals surface area contributed by atoms with Crippen molar-refractivity contribution in [1.82, 2.24) is 14.5 Å². The fourth-order valence-electron chi connectivity index (χ4n) is 8.67. The Labute approximate surface area is 419 Å². The van der Waals surface area contributed by atoms with E-state index < -0.39 is 32.8 Å². The Bertz CT molecular complexity index is 3800. The molecule has 0 fully saturated rings. The number of imidazole rings is 1. The number of nitrogens with zero attached hydrogens (tertiary/aromatic N) is 3. The van der Waals surface area contributed by atoms with Gasteiger partial charge in [0.05, 0.1) is 22.3 Å². The summed E-state index contributed by atoms with van der Waals surface area (Å²) in [6, 6.07) is 59.0. The van der Waals surface area contributed by atoms with Crippen LogP contribution < -0.4 is 0 Å². The zero-order valence-corrected chi connectivity index (χ0v) is 38.3. The van der Waals surface area contributed by atoms with Crippen molar-refractivity contribution in [1.29, 1.82) is 0 Å². The summed E-state index contributed by atoms with van der Waals surface area (Å²) < 4.78 is 102. The second-order valence-corrected chi connectivity index (χ2v) is 16.4. The SMILES string of the molecule is [2H]C([2H])([2H])c1cc(-c2ccccc2)c(-n2c(-c3cc(C)cc(C)c3O)nc3c(-c4[c-]c(-c5cc(-c6ccc(C(C([2H])([2H])[2H])(C([2H])([2H])[2H])C([2H])([2H])[2H])cc6)ccn5)cc(-c5ccccc5)c4)cccc32)cc1-c1ccccc1.[Pt]. The molecular weight excluding hydrogens is 986 g/mol. The van der Waals surface area contributed by atoms with Gasteiger partial charge in [0.1, 0.15) is 11.6 Å². The molecule has 0 amide bonds. The third-order valence-corrected chi connectivity index (χ3v) is 11.9. The van der Waals surface area contributed by atoms with Crippen molar-refractivity contribution in [3.8, 4) is 89.7 Å². The summed E-state index contributed by atoms with van der Waals surface area (Å²) in [5.74, 6) is 0.465. The van der Waals surface area contributed by atoms with Gasteiger partial charge in [0.15, 0.2) is 0 Å². The zero-order chi connectivity index (χ0) is 54.8. The minimum Gasteiger partial charge on any atom is -0.507 e. The average molecular weight is 1050 g/mol. The van der Waals surface area contributed by atoms with Crippen LogP contribution in [0, 0.1) is 26.8 Å². The number of aromatic nitrogens is 3. The molecule has 0 unspecified atom stereocenters. The first-order chi connectivity index (χ1) is 36.5. The van der Waals surface area contributed by atoms with Crippen LogP contribution in [0.5, 0.6) is 5.75 Å². The van der Waals surface area contributed by atoms with E-state index in [1.54, 1.807) is 18.3 Å². The molecule has 1 N–H and O–H groups in total. The molecule has 0 bridgehead atoms. The van der Waals surface area contributed by atoms with Crippen LogP contribution >= 0.6 is 0 Å². The van der Waals surface area contributed by atoms with Crippen molar-refractivity contribution in [3.63, 3.8) is 0 Å². The van der Waals surface area contributed by atoms with Crippen LogP contribution in [0.25, 0.3) is 95.0 Å². The topological polar surface area (TPSA) is 50.9 Å². The Kier molecular flexibility index (Phi) is 8.66. The van der Waals surface area contributed by atoms with Crippen LogP contribution in [0.1, 0.15) is 59.3 Å². The van der Waals surface area contributed by atoms with E-state index in [9.17, 15) is 5.11 Å². The predicted molar refractivity (Wildman–Crippen MR) is 270 cm³/mol. The van der Waals surface area contributed by atoms with E-state index in [-0.39, 0.29) is 37.9 Å². The summed E-state index contributed by atoms with van der Waals surface area (Å²) in [5.41, 5.74) is 8.63. The third kappa shape index (κ3) is 8.46. The molecule has 0 radical (unpaired) electrons. The zero-order valence-electron chi connectivity index (χ0n) is 48.0. The maximum absolute atomic E-state index is 12.0. The molecule has 0 saturated heterocycles. The number of fused-ring (bicyclic) bond motifs is 1. The van der Waals surface area contributed by atoms with Gasteiger partial charge in [0, 0.05) is 55.0 Å². The van der Waals surface area contributed by atoms with Crippen LogP contribution in [0.4, 0.5) is 0 Å². The van der Waals surface area contributed by atoms with Crippen molar-refractivity contribution in [2.75, 3.05) is 0 Å². The first-order valence-electron chi connectivity index (χ1n) is 27.3. The monoisotopic (exact) mass is 1050 g/mol. The van der Waals surface area contributed by atoms with E-state index in [4.69, 9.17) is 26.4 Å². The normalized spacial score (nSPS) is 14.9. The van der Waals surface area contributed by atoms with E-state index in [1.165, 1.54) is 24.3 Å². The van der Waals surface area contributed by atoms with Gasteiger partial charge in [-0.15, -0.1) is 23.8 Å². The molecule has 0 aliphatic heterocycles.